The summed E-state index contributed by atoms with van der Waals surface area (Å²) in [5.74, 6) is -0.321. The highest BCUT2D eigenvalue weighted by atomic mass is 19.4. The van der Waals surface area contributed by atoms with Gasteiger partial charge in [0.15, 0.2) is 0 Å². The molecular weight excluding hydrogens is 508 g/mol. The molecule has 0 radical (unpaired) electrons. The molecule has 0 spiro atoms. The molecule has 2 aromatic heterocycles. The van der Waals surface area contributed by atoms with E-state index in [-0.39, 0.29) is 36.9 Å². The van der Waals surface area contributed by atoms with Crippen molar-refractivity contribution >= 4 is 11.9 Å². The third-order valence-electron chi connectivity index (χ3n) is 6.64. The van der Waals surface area contributed by atoms with E-state index in [9.17, 15) is 35.9 Å². The molecule has 202 valence electrons. The van der Waals surface area contributed by atoms with E-state index in [1.54, 1.807) is 9.80 Å². The van der Waals surface area contributed by atoms with Crippen molar-refractivity contribution in [1.82, 2.24) is 19.9 Å². The van der Waals surface area contributed by atoms with E-state index < -0.39 is 29.0 Å². The Kier molecular flexibility index (Phi) is 7.76. The zero-order valence-electron chi connectivity index (χ0n) is 19.6. The monoisotopic (exact) mass is 533 g/mol. The number of rotatable bonds is 6. The molecule has 8 nitrogen and oxygen atoms in total. The van der Waals surface area contributed by atoms with Crippen LogP contribution in [0.1, 0.15) is 48.3 Å². The van der Waals surface area contributed by atoms with Crippen LogP contribution in [0.4, 0.5) is 32.3 Å². The summed E-state index contributed by atoms with van der Waals surface area (Å²) in [5.41, 5.74) is -3.02. The standard InChI is InChI=1S/C23H25F6N5O3/c24-22(25,26)15-12-31-21(32-13-15)34-7-5-33(6-8-34)19(35)4-9-37-18-3-1-2-16(18)14-10-17(23(27,28)29)20(36)30-11-14/h10-13,16,18H,1-9H2,(H,30,36)/t16-,18+/m1/s1. The Bertz CT molecular complexity index is 1140. The minimum atomic E-state index is -4.76. The van der Waals surface area contributed by atoms with Gasteiger partial charge in [-0.1, -0.05) is 6.42 Å². The number of ether oxygens (including phenoxy) is 1. The molecule has 1 saturated carbocycles. The maximum Gasteiger partial charge on any atom is 0.421 e. The summed E-state index contributed by atoms with van der Waals surface area (Å²) in [5, 5.41) is 0. The number of halogens is 6. The summed E-state index contributed by atoms with van der Waals surface area (Å²) < 4.78 is 83.3. The van der Waals surface area contributed by atoms with Crippen LogP contribution in [0.15, 0.2) is 29.5 Å². The number of carbonyl (C=O) groups is 1. The molecular formula is C23H25F6N5O3. The topological polar surface area (TPSA) is 91.4 Å². The Morgan fingerprint density at radius 3 is 2.32 bits per heavy atom. The minimum Gasteiger partial charge on any atom is -0.377 e. The van der Waals surface area contributed by atoms with Crippen LogP contribution in [0.25, 0.3) is 0 Å². The fraction of sp³-hybridized carbons (Fsp3) is 0.565. The van der Waals surface area contributed by atoms with E-state index in [4.69, 9.17) is 4.74 Å². The molecule has 1 N–H and O–H groups in total. The van der Waals surface area contributed by atoms with E-state index >= 15 is 0 Å². The van der Waals surface area contributed by atoms with Crippen molar-refractivity contribution in [2.75, 3.05) is 37.7 Å². The second-order valence-corrected chi connectivity index (χ2v) is 9.01. The van der Waals surface area contributed by atoms with Crippen molar-refractivity contribution < 1.29 is 35.9 Å². The normalized spacial score (nSPS) is 20.9. The predicted octanol–water partition coefficient (Wildman–Crippen LogP) is 3.59. The molecule has 1 saturated heterocycles. The van der Waals surface area contributed by atoms with Gasteiger partial charge in [-0.2, -0.15) is 26.3 Å². The molecule has 3 heterocycles. The zero-order valence-corrected chi connectivity index (χ0v) is 19.6. The van der Waals surface area contributed by atoms with Crippen molar-refractivity contribution in [3.8, 4) is 0 Å². The Morgan fingerprint density at radius 1 is 1.03 bits per heavy atom. The molecule has 2 aliphatic rings. The van der Waals surface area contributed by atoms with Crippen LogP contribution >= 0.6 is 0 Å². The predicted molar refractivity (Wildman–Crippen MR) is 119 cm³/mol. The Labute approximate surface area is 207 Å². The van der Waals surface area contributed by atoms with E-state index in [1.165, 1.54) is 6.20 Å². The highest BCUT2D eigenvalue weighted by Crippen LogP contribution is 2.38. The summed E-state index contributed by atoms with van der Waals surface area (Å²) in [6, 6.07) is 0.871. The number of alkyl halides is 6. The number of aromatic nitrogens is 3. The summed E-state index contributed by atoms with van der Waals surface area (Å²) in [6.07, 6.45) is -4.83. The van der Waals surface area contributed by atoms with Gasteiger partial charge in [-0.05, 0) is 24.5 Å². The number of hydrogen-bond acceptors (Lipinski definition) is 6. The molecule has 0 bridgehead atoms. The van der Waals surface area contributed by atoms with E-state index in [2.05, 4.69) is 15.0 Å². The van der Waals surface area contributed by atoms with Crippen molar-refractivity contribution in [1.29, 1.82) is 0 Å². The molecule has 2 aromatic rings. The van der Waals surface area contributed by atoms with Gasteiger partial charge in [0.25, 0.3) is 5.56 Å². The van der Waals surface area contributed by atoms with Crippen molar-refractivity contribution in [2.45, 2.75) is 50.1 Å². The SMILES string of the molecule is O=C(CCO[C@H]1CCC[C@@H]1c1c[nH]c(=O)c(C(F)(F)F)c1)N1CCN(c2ncc(C(F)(F)F)cn2)CC1. The second-order valence-electron chi connectivity index (χ2n) is 9.01. The number of H-pyrrole nitrogens is 1. The number of aromatic amines is 1. The number of nitrogens with zero attached hydrogens (tertiary/aromatic N) is 4. The fourth-order valence-corrected chi connectivity index (χ4v) is 4.67. The van der Waals surface area contributed by atoms with Crippen molar-refractivity contribution in [2.24, 2.45) is 0 Å². The molecule has 1 aliphatic carbocycles. The van der Waals surface area contributed by atoms with Crippen LogP contribution < -0.4 is 10.5 Å². The Balaban J connectivity index is 1.26. The maximum atomic E-state index is 13.1. The molecule has 1 aliphatic heterocycles. The lowest BCUT2D eigenvalue weighted by Crippen LogP contribution is -2.49. The third kappa shape index (κ3) is 6.40. The molecule has 2 fully saturated rings. The van der Waals surface area contributed by atoms with Gasteiger partial charge in [-0.25, -0.2) is 9.97 Å². The molecule has 0 aromatic carbocycles. The van der Waals surface area contributed by atoms with Gasteiger partial charge in [0.1, 0.15) is 5.56 Å². The average Bonchev–Trinajstić information content (AvgIpc) is 3.32. The first-order chi connectivity index (χ1) is 17.4. The lowest BCUT2D eigenvalue weighted by Gasteiger charge is -2.35. The first-order valence-corrected chi connectivity index (χ1v) is 11.8. The van der Waals surface area contributed by atoms with Gasteiger partial charge >= 0.3 is 12.4 Å². The quantitative estimate of drug-likeness (QED) is 0.571. The molecule has 37 heavy (non-hydrogen) atoms. The summed E-state index contributed by atoms with van der Waals surface area (Å²) in [6.45, 7) is 1.49. The first kappa shape index (κ1) is 26.9. The molecule has 4 rings (SSSR count). The average molecular weight is 533 g/mol. The molecule has 14 heteroatoms. The van der Waals surface area contributed by atoms with Crippen LogP contribution in [0.5, 0.6) is 0 Å². The van der Waals surface area contributed by atoms with Crippen LogP contribution in [-0.4, -0.2) is 64.6 Å². The highest BCUT2D eigenvalue weighted by Gasteiger charge is 2.37. The number of nitrogens with one attached hydrogen (secondary N) is 1. The molecule has 2 atom stereocenters. The van der Waals surface area contributed by atoms with Crippen LogP contribution in [-0.2, 0) is 21.9 Å². The number of piperazine rings is 1. The van der Waals surface area contributed by atoms with E-state index in [0.717, 1.165) is 24.9 Å². The number of amides is 1. The first-order valence-electron chi connectivity index (χ1n) is 11.8. The van der Waals surface area contributed by atoms with Crippen LogP contribution in [0.2, 0.25) is 0 Å². The number of anilines is 1. The lowest BCUT2D eigenvalue weighted by atomic mass is 9.96. The lowest BCUT2D eigenvalue weighted by molar-refractivity contribution is -0.139. The van der Waals surface area contributed by atoms with Crippen LogP contribution in [0.3, 0.4) is 0 Å². The van der Waals surface area contributed by atoms with Gasteiger partial charge in [-0.3, -0.25) is 9.59 Å². The van der Waals surface area contributed by atoms with Gasteiger partial charge in [0.2, 0.25) is 11.9 Å². The van der Waals surface area contributed by atoms with Crippen LogP contribution in [0, 0.1) is 0 Å². The van der Waals surface area contributed by atoms with Gasteiger partial charge in [0.05, 0.1) is 24.7 Å². The van der Waals surface area contributed by atoms with E-state index in [1.807, 2.05) is 0 Å². The molecule has 1 amide bonds. The maximum absolute atomic E-state index is 13.1. The second kappa shape index (κ2) is 10.7. The number of hydrogen-bond donors (Lipinski definition) is 1. The van der Waals surface area contributed by atoms with E-state index in [0.29, 0.717) is 44.6 Å². The van der Waals surface area contributed by atoms with Crippen molar-refractivity contribution in [3.63, 3.8) is 0 Å². The van der Waals surface area contributed by atoms with Crippen molar-refractivity contribution in [3.05, 3.63) is 51.7 Å². The zero-order chi connectivity index (χ0) is 26.8. The smallest absolute Gasteiger partial charge is 0.377 e. The number of pyridine rings is 1. The summed E-state index contributed by atoms with van der Waals surface area (Å²) in [4.78, 5) is 37.2. The van der Waals surface area contributed by atoms with Gasteiger partial charge in [-0.15, -0.1) is 0 Å². The summed E-state index contributed by atoms with van der Waals surface area (Å²) >= 11 is 0. The fourth-order valence-electron chi connectivity index (χ4n) is 4.67. The number of carbonyl (C=O) groups excluding carboxylic acids is 1. The third-order valence-corrected chi connectivity index (χ3v) is 6.64. The Morgan fingerprint density at radius 2 is 1.70 bits per heavy atom. The largest absolute Gasteiger partial charge is 0.421 e. The molecule has 0 unspecified atom stereocenters. The summed E-state index contributed by atoms with van der Waals surface area (Å²) in [7, 11) is 0. The highest BCUT2D eigenvalue weighted by molar-refractivity contribution is 5.76. The van der Waals surface area contributed by atoms with Gasteiger partial charge in [0, 0.05) is 50.7 Å². The van der Waals surface area contributed by atoms with Gasteiger partial charge < -0.3 is 19.5 Å². The Hall–Kier alpha value is -3.16. The minimum absolute atomic E-state index is 0.0828.